The molecule has 1 aliphatic rings. The summed E-state index contributed by atoms with van der Waals surface area (Å²) in [4.78, 5) is 8.76. The Kier molecular flexibility index (Phi) is 7.92. The van der Waals surface area contributed by atoms with Crippen LogP contribution in [-0.2, 0) is 4.74 Å². The Balaban J connectivity index is 2.12. The van der Waals surface area contributed by atoms with Gasteiger partial charge in [0.1, 0.15) is 0 Å². The maximum Gasteiger partial charge on any atom is 0.193 e. The van der Waals surface area contributed by atoms with Crippen LogP contribution in [0.3, 0.4) is 0 Å². The van der Waals surface area contributed by atoms with Gasteiger partial charge in [0.2, 0.25) is 0 Å². The molecule has 0 unspecified atom stereocenters. The van der Waals surface area contributed by atoms with E-state index in [1.165, 1.54) is 12.8 Å². The molecule has 1 rings (SSSR count). The van der Waals surface area contributed by atoms with Crippen molar-refractivity contribution in [3.63, 3.8) is 0 Å². The van der Waals surface area contributed by atoms with E-state index in [2.05, 4.69) is 48.1 Å². The van der Waals surface area contributed by atoms with Gasteiger partial charge in [-0.2, -0.15) is 0 Å². The van der Waals surface area contributed by atoms with Crippen LogP contribution in [0, 0.1) is 5.92 Å². The lowest BCUT2D eigenvalue weighted by atomic mass is 10.3. The van der Waals surface area contributed by atoms with E-state index in [0.717, 1.165) is 44.7 Å². The summed E-state index contributed by atoms with van der Waals surface area (Å²) < 4.78 is 5.66. The standard InChI is InChI=1S/C15H32N4O/c1-13(2)18(4)9-8-17-15(16-3)19(5)10-11-20-12-14-6-7-14/h13-14H,6-12H2,1-5H3,(H,16,17). The molecule has 0 aliphatic heterocycles. The second kappa shape index (κ2) is 9.19. The first-order valence-electron chi connectivity index (χ1n) is 7.74. The quantitative estimate of drug-likeness (QED) is 0.393. The number of hydrogen-bond acceptors (Lipinski definition) is 3. The van der Waals surface area contributed by atoms with Gasteiger partial charge in [-0.1, -0.05) is 0 Å². The fourth-order valence-corrected chi connectivity index (χ4v) is 1.83. The average Bonchev–Trinajstić information content (AvgIpc) is 3.23. The van der Waals surface area contributed by atoms with E-state index in [9.17, 15) is 0 Å². The molecule has 0 saturated heterocycles. The summed E-state index contributed by atoms with van der Waals surface area (Å²) in [5.41, 5.74) is 0. The molecule has 118 valence electrons. The molecule has 1 fully saturated rings. The van der Waals surface area contributed by atoms with Gasteiger partial charge >= 0.3 is 0 Å². The first kappa shape index (κ1) is 17.2. The van der Waals surface area contributed by atoms with Crippen molar-refractivity contribution >= 4 is 5.96 Å². The van der Waals surface area contributed by atoms with Gasteiger partial charge in [-0.05, 0) is 39.7 Å². The van der Waals surface area contributed by atoms with Crippen LogP contribution in [0.4, 0.5) is 0 Å². The van der Waals surface area contributed by atoms with E-state index in [1.54, 1.807) is 0 Å². The third-order valence-corrected chi connectivity index (χ3v) is 3.82. The first-order chi connectivity index (χ1) is 9.54. The molecule has 0 aromatic heterocycles. The van der Waals surface area contributed by atoms with Crippen molar-refractivity contribution in [1.29, 1.82) is 0 Å². The number of nitrogens with zero attached hydrogens (tertiary/aromatic N) is 3. The van der Waals surface area contributed by atoms with Crippen molar-refractivity contribution in [2.24, 2.45) is 10.9 Å². The van der Waals surface area contributed by atoms with Crippen molar-refractivity contribution in [3.8, 4) is 0 Å². The van der Waals surface area contributed by atoms with E-state index in [-0.39, 0.29) is 0 Å². The third-order valence-electron chi connectivity index (χ3n) is 3.82. The lowest BCUT2D eigenvalue weighted by molar-refractivity contribution is 0.115. The molecule has 1 N–H and O–H groups in total. The number of ether oxygens (including phenoxy) is 1. The van der Waals surface area contributed by atoms with Crippen LogP contribution in [0.1, 0.15) is 26.7 Å². The second-order valence-corrected chi connectivity index (χ2v) is 5.99. The van der Waals surface area contributed by atoms with Crippen LogP contribution in [0.2, 0.25) is 0 Å². The zero-order valence-electron chi connectivity index (χ0n) is 13.9. The SMILES string of the molecule is CN=C(NCCN(C)C(C)C)N(C)CCOCC1CC1. The van der Waals surface area contributed by atoms with Gasteiger partial charge < -0.3 is 19.9 Å². The average molecular weight is 284 g/mol. The zero-order chi connectivity index (χ0) is 15.0. The van der Waals surface area contributed by atoms with Gasteiger partial charge in [-0.15, -0.1) is 0 Å². The lowest BCUT2D eigenvalue weighted by Crippen LogP contribution is -2.44. The van der Waals surface area contributed by atoms with Gasteiger partial charge in [0.15, 0.2) is 5.96 Å². The van der Waals surface area contributed by atoms with E-state index in [1.807, 2.05) is 7.05 Å². The molecule has 0 spiro atoms. The lowest BCUT2D eigenvalue weighted by Gasteiger charge is -2.25. The molecule has 0 aromatic rings. The molecular formula is C15H32N4O. The minimum Gasteiger partial charge on any atom is -0.379 e. The predicted molar refractivity (Wildman–Crippen MR) is 85.3 cm³/mol. The molecule has 1 saturated carbocycles. The van der Waals surface area contributed by atoms with Gasteiger partial charge in [-0.3, -0.25) is 4.99 Å². The fraction of sp³-hybridized carbons (Fsp3) is 0.933. The van der Waals surface area contributed by atoms with E-state index < -0.39 is 0 Å². The Morgan fingerprint density at radius 1 is 1.30 bits per heavy atom. The molecule has 0 heterocycles. The second-order valence-electron chi connectivity index (χ2n) is 5.99. The Morgan fingerprint density at radius 3 is 2.55 bits per heavy atom. The molecule has 0 radical (unpaired) electrons. The van der Waals surface area contributed by atoms with Crippen molar-refractivity contribution < 1.29 is 4.74 Å². The fourth-order valence-electron chi connectivity index (χ4n) is 1.83. The van der Waals surface area contributed by atoms with Crippen LogP contribution in [-0.4, -0.2) is 75.8 Å². The van der Waals surface area contributed by atoms with E-state index >= 15 is 0 Å². The maximum atomic E-state index is 5.66. The smallest absolute Gasteiger partial charge is 0.193 e. The Labute approximate surface area is 124 Å². The molecule has 5 nitrogen and oxygen atoms in total. The molecule has 0 atom stereocenters. The number of hydrogen-bond donors (Lipinski definition) is 1. The normalized spacial score (nSPS) is 16.1. The van der Waals surface area contributed by atoms with Crippen molar-refractivity contribution in [2.75, 3.05) is 54.0 Å². The van der Waals surface area contributed by atoms with Crippen LogP contribution < -0.4 is 5.32 Å². The van der Waals surface area contributed by atoms with E-state index in [0.29, 0.717) is 6.04 Å². The summed E-state index contributed by atoms with van der Waals surface area (Å²) in [5.74, 6) is 1.78. The third kappa shape index (κ3) is 7.10. The highest BCUT2D eigenvalue weighted by Crippen LogP contribution is 2.28. The summed E-state index contributed by atoms with van der Waals surface area (Å²) in [5, 5.41) is 3.40. The highest BCUT2D eigenvalue weighted by Gasteiger charge is 2.21. The maximum absolute atomic E-state index is 5.66. The minimum absolute atomic E-state index is 0.576. The van der Waals surface area contributed by atoms with Crippen molar-refractivity contribution in [1.82, 2.24) is 15.1 Å². The number of aliphatic imine (C=N–C) groups is 1. The summed E-state index contributed by atoms with van der Waals surface area (Å²) in [6.07, 6.45) is 2.70. The first-order valence-corrected chi connectivity index (χ1v) is 7.74. The Morgan fingerprint density at radius 2 is 2.00 bits per heavy atom. The largest absolute Gasteiger partial charge is 0.379 e. The topological polar surface area (TPSA) is 40.1 Å². The minimum atomic E-state index is 0.576. The van der Waals surface area contributed by atoms with Gasteiger partial charge in [0.25, 0.3) is 0 Å². The summed E-state index contributed by atoms with van der Waals surface area (Å²) in [7, 11) is 6.03. The molecule has 5 heteroatoms. The number of likely N-dealkylation sites (N-methyl/N-ethyl adjacent to an activating group) is 2. The molecule has 1 aliphatic carbocycles. The van der Waals surface area contributed by atoms with Crippen molar-refractivity contribution in [2.45, 2.75) is 32.7 Å². The summed E-state index contributed by atoms with van der Waals surface area (Å²) in [6.45, 7) is 8.93. The Hall–Kier alpha value is -0.810. The predicted octanol–water partition coefficient (Wildman–Crippen LogP) is 1.26. The van der Waals surface area contributed by atoms with Gasteiger partial charge in [0.05, 0.1) is 6.61 Å². The molecule has 0 amide bonds. The highest BCUT2D eigenvalue weighted by molar-refractivity contribution is 5.79. The molecule has 20 heavy (non-hydrogen) atoms. The van der Waals surface area contributed by atoms with Crippen LogP contribution >= 0.6 is 0 Å². The van der Waals surface area contributed by atoms with Crippen molar-refractivity contribution in [3.05, 3.63) is 0 Å². The Bertz CT molecular complexity index is 290. The molecule has 0 aromatic carbocycles. The van der Waals surface area contributed by atoms with Crippen LogP contribution in [0.5, 0.6) is 0 Å². The molecular weight excluding hydrogens is 252 g/mol. The zero-order valence-corrected chi connectivity index (χ0v) is 13.9. The number of nitrogens with one attached hydrogen (secondary N) is 1. The van der Waals surface area contributed by atoms with Crippen LogP contribution in [0.25, 0.3) is 0 Å². The number of rotatable bonds is 9. The van der Waals surface area contributed by atoms with Gasteiger partial charge in [-0.25, -0.2) is 0 Å². The van der Waals surface area contributed by atoms with Crippen LogP contribution in [0.15, 0.2) is 4.99 Å². The highest BCUT2D eigenvalue weighted by atomic mass is 16.5. The molecule has 0 bridgehead atoms. The van der Waals surface area contributed by atoms with E-state index in [4.69, 9.17) is 4.74 Å². The summed E-state index contributed by atoms with van der Waals surface area (Å²) >= 11 is 0. The summed E-state index contributed by atoms with van der Waals surface area (Å²) in [6, 6.07) is 0.576. The monoisotopic (exact) mass is 284 g/mol. The van der Waals surface area contributed by atoms with Gasteiger partial charge in [0, 0.05) is 46.4 Å². The number of guanidine groups is 1.